The Bertz CT molecular complexity index is 900. The van der Waals surface area contributed by atoms with E-state index in [1.54, 1.807) is 0 Å². The first-order valence-corrected chi connectivity index (χ1v) is 10.5. The van der Waals surface area contributed by atoms with E-state index in [9.17, 15) is 0 Å². The second-order valence-electron chi connectivity index (χ2n) is 7.50. The number of fused-ring (bicyclic) bond motifs is 1. The number of aliphatic imine (C=N–C) groups is 1. The van der Waals surface area contributed by atoms with Gasteiger partial charge in [-0.1, -0.05) is 36.4 Å². The lowest BCUT2D eigenvalue weighted by Crippen LogP contribution is -2.43. The Kier molecular flexibility index (Phi) is 8.50. The van der Waals surface area contributed by atoms with Crippen molar-refractivity contribution in [1.82, 2.24) is 24.9 Å². The van der Waals surface area contributed by atoms with Gasteiger partial charge in [0.25, 0.3) is 0 Å². The van der Waals surface area contributed by atoms with Gasteiger partial charge < -0.3 is 15.0 Å². The van der Waals surface area contributed by atoms with E-state index in [1.165, 1.54) is 31.5 Å². The summed E-state index contributed by atoms with van der Waals surface area (Å²) in [5.74, 6) is 0.842. The van der Waals surface area contributed by atoms with Gasteiger partial charge in [-0.3, -0.25) is 9.89 Å². The van der Waals surface area contributed by atoms with Crippen molar-refractivity contribution >= 4 is 35.6 Å². The predicted molar refractivity (Wildman–Crippen MR) is 134 cm³/mol. The number of halogens is 1. The molecule has 160 valence electrons. The standard InChI is InChI=1S/C23H30N6.HI/c1-24-23(25-13-12-20-18-29-16-6-5-11-22(29)27-20)26-17-21(28-14-7-8-15-28)19-9-3-2-4-10-19;/h2-6,9-11,16,18,21H,7-8,12-15,17H2,1H3,(H2,24,25,26);1H. The summed E-state index contributed by atoms with van der Waals surface area (Å²) in [5, 5.41) is 6.96. The van der Waals surface area contributed by atoms with Gasteiger partial charge in [0.05, 0.1) is 11.7 Å². The summed E-state index contributed by atoms with van der Waals surface area (Å²) in [6, 6.07) is 17.2. The molecule has 2 aromatic heterocycles. The fourth-order valence-electron chi connectivity index (χ4n) is 4.02. The van der Waals surface area contributed by atoms with E-state index in [-0.39, 0.29) is 24.0 Å². The summed E-state index contributed by atoms with van der Waals surface area (Å²) in [6.07, 6.45) is 7.55. The number of nitrogens with one attached hydrogen (secondary N) is 2. The van der Waals surface area contributed by atoms with Crippen LogP contribution in [0, 0.1) is 0 Å². The number of hydrogen-bond acceptors (Lipinski definition) is 3. The highest BCUT2D eigenvalue weighted by Gasteiger charge is 2.23. The van der Waals surface area contributed by atoms with Crippen LogP contribution >= 0.6 is 24.0 Å². The van der Waals surface area contributed by atoms with E-state index in [0.717, 1.165) is 36.8 Å². The van der Waals surface area contributed by atoms with Crippen molar-refractivity contribution in [2.45, 2.75) is 25.3 Å². The summed E-state index contributed by atoms with van der Waals surface area (Å²) in [6.45, 7) is 3.98. The highest BCUT2D eigenvalue weighted by molar-refractivity contribution is 14.0. The minimum Gasteiger partial charge on any atom is -0.356 e. The van der Waals surface area contributed by atoms with Crippen molar-refractivity contribution in [2.24, 2.45) is 4.99 Å². The van der Waals surface area contributed by atoms with Crippen molar-refractivity contribution in [2.75, 3.05) is 33.2 Å². The van der Waals surface area contributed by atoms with Crippen LogP contribution in [-0.4, -0.2) is 53.5 Å². The van der Waals surface area contributed by atoms with Crippen LogP contribution in [0.1, 0.15) is 30.1 Å². The molecule has 0 aliphatic carbocycles. The van der Waals surface area contributed by atoms with E-state index >= 15 is 0 Å². The number of hydrogen-bond donors (Lipinski definition) is 2. The maximum absolute atomic E-state index is 4.66. The van der Waals surface area contributed by atoms with Crippen molar-refractivity contribution in [3.63, 3.8) is 0 Å². The van der Waals surface area contributed by atoms with Gasteiger partial charge in [0.2, 0.25) is 0 Å². The molecule has 4 rings (SSSR count). The van der Waals surface area contributed by atoms with Crippen molar-refractivity contribution in [3.05, 3.63) is 72.2 Å². The first-order chi connectivity index (χ1) is 14.3. The quantitative estimate of drug-likeness (QED) is 0.286. The first-order valence-electron chi connectivity index (χ1n) is 10.5. The highest BCUT2D eigenvalue weighted by atomic mass is 127. The molecule has 1 unspecified atom stereocenters. The third-order valence-electron chi connectivity index (χ3n) is 5.54. The van der Waals surface area contributed by atoms with Crippen LogP contribution in [-0.2, 0) is 6.42 Å². The topological polar surface area (TPSA) is 57.0 Å². The molecule has 7 heteroatoms. The summed E-state index contributed by atoms with van der Waals surface area (Å²) < 4.78 is 2.06. The summed E-state index contributed by atoms with van der Waals surface area (Å²) >= 11 is 0. The summed E-state index contributed by atoms with van der Waals surface area (Å²) in [7, 11) is 1.83. The van der Waals surface area contributed by atoms with Crippen molar-refractivity contribution in [1.29, 1.82) is 0 Å². The zero-order valence-electron chi connectivity index (χ0n) is 17.5. The largest absolute Gasteiger partial charge is 0.356 e. The molecule has 1 atom stereocenters. The molecule has 6 nitrogen and oxygen atoms in total. The van der Waals surface area contributed by atoms with Crippen LogP contribution in [0.15, 0.2) is 65.9 Å². The molecule has 0 spiro atoms. The Balaban J connectivity index is 0.00000256. The van der Waals surface area contributed by atoms with Crippen LogP contribution in [0.4, 0.5) is 0 Å². The molecule has 0 bridgehead atoms. The fraction of sp³-hybridized carbons (Fsp3) is 0.391. The third kappa shape index (κ3) is 5.72. The number of guanidine groups is 1. The molecule has 1 fully saturated rings. The molecule has 0 amide bonds. The van der Waals surface area contributed by atoms with Gasteiger partial charge in [0, 0.05) is 39.0 Å². The molecule has 30 heavy (non-hydrogen) atoms. The number of likely N-dealkylation sites (tertiary alicyclic amines) is 1. The van der Waals surface area contributed by atoms with Crippen LogP contribution in [0.3, 0.4) is 0 Å². The lowest BCUT2D eigenvalue weighted by atomic mass is 10.1. The van der Waals surface area contributed by atoms with Crippen LogP contribution in [0.2, 0.25) is 0 Å². The molecule has 1 aliphatic rings. The average Bonchev–Trinajstić information content (AvgIpc) is 3.43. The zero-order chi connectivity index (χ0) is 19.9. The van der Waals surface area contributed by atoms with E-state index < -0.39 is 0 Å². The van der Waals surface area contributed by atoms with E-state index in [0.29, 0.717) is 6.04 Å². The van der Waals surface area contributed by atoms with Gasteiger partial charge in [0.1, 0.15) is 5.65 Å². The molecular weight excluding hydrogens is 487 g/mol. The SMILES string of the molecule is CN=C(NCCc1cn2ccccc2n1)NCC(c1ccccc1)N1CCCC1.I. The maximum Gasteiger partial charge on any atom is 0.191 e. The lowest BCUT2D eigenvalue weighted by molar-refractivity contribution is 0.245. The second kappa shape index (κ2) is 11.3. The fourth-order valence-corrected chi connectivity index (χ4v) is 4.02. The molecule has 1 aliphatic heterocycles. The van der Waals surface area contributed by atoms with Gasteiger partial charge in [-0.25, -0.2) is 4.98 Å². The van der Waals surface area contributed by atoms with E-state index in [2.05, 4.69) is 66.4 Å². The highest BCUT2D eigenvalue weighted by Crippen LogP contribution is 2.24. The van der Waals surface area contributed by atoms with Crippen molar-refractivity contribution < 1.29 is 0 Å². The Hall–Kier alpha value is -2.13. The van der Waals surface area contributed by atoms with Gasteiger partial charge in [-0.2, -0.15) is 0 Å². The smallest absolute Gasteiger partial charge is 0.191 e. The molecule has 0 saturated carbocycles. The number of benzene rings is 1. The summed E-state index contributed by atoms with van der Waals surface area (Å²) in [5.41, 5.74) is 3.43. The number of nitrogens with zero attached hydrogens (tertiary/aromatic N) is 4. The monoisotopic (exact) mass is 518 g/mol. The minimum absolute atomic E-state index is 0. The number of aromatic nitrogens is 2. The Morgan fingerprint density at radius 3 is 2.57 bits per heavy atom. The average molecular weight is 518 g/mol. The third-order valence-corrected chi connectivity index (χ3v) is 5.54. The molecule has 1 aromatic carbocycles. The first kappa shape index (κ1) is 22.6. The zero-order valence-corrected chi connectivity index (χ0v) is 19.8. The molecule has 2 N–H and O–H groups in total. The van der Waals surface area contributed by atoms with Gasteiger partial charge in [-0.05, 0) is 43.6 Å². The number of pyridine rings is 1. The molecule has 1 saturated heterocycles. The molecule has 3 heterocycles. The second-order valence-corrected chi connectivity index (χ2v) is 7.50. The predicted octanol–water partition coefficient (Wildman–Crippen LogP) is 3.50. The minimum atomic E-state index is 0. The normalized spacial score (nSPS) is 15.7. The number of imidazole rings is 1. The van der Waals surface area contributed by atoms with Gasteiger partial charge in [-0.15, -0.1) is 24.0 Å². The van der Waals surface area contributed by atoms with Crippen LogP contribution in [0.25, 0.3) is 5.65 Å². The Labute approximate surface area is 195 Å². The van der Waals surface area contributed by atoms with Crippen LogP contribution in [0.5, 0.6) is 0 Å². The van der Waals surface area contributed by atoms with E-state index in [4.69, 9.17) is 0 Å². The number of rotatable bonds is 7. The van der Waals surface area contributed by atoms with Gasteiger partial charge in [0.15, 0.2) is 5.96 Å². The van der Waals surface area contributed by atoms with Crippen molar-refractivity contribution in [3.8, 4) is 0 Å². The van der Waals surface area contributed by atoms with Gasteiger partial charge >= 0.3 is 0 Å². The Morgan fingerprint density at radius 2 is 1.83 bits per heavy atom. The molecule has 0 radical (unpaired) electrons. The van der Waals surface area contributed by atoms with E-state index in [1.807, 2.05) is 31.4 Å². The lowest BCUT2D eigenvalue weighted by Gasteiger charge is -2.29. The summed E-state index contributed by atoms with van der Waals surface area (Å²) in [4.78, 5) is 11.6. The van der Waals surface area contributed by atoms with Crippen LogP contribution < -0.4 is 10.6 Å². The molecular formula is C23H31IN6. The maximum atomic E-state index is 4.66. The molecule has 3 aromatic rings. The Morgan fingerprint density at radius 1 is 1.07 bits per heavy atom.